The van der Waals surface area contributed by atoms with Crippen LogP contribution in [0, 0.1) is 0 Å². The summed E-state index contributed by atoms with van der Waals surface area (Å²) < 4.78 is 0.641. The van der Waals surface area contributed by atoms with E-state index in [1.807, 2.05) is 18.2 Å². The van der Waals surface area contributed by atoms with E-state index < -0.39 is 22.1 Å². The van der Waals surface area contributed by atoms with Crippen LogP contribution in [0.2, 0.25) is 3.43 Å². The van der Waals surface area contributed by atoms with E-state index in [-0.39, 0.29) is 6.10 Å². The molecule has 0 bridgehead atoms. The van der Waals surface area contributed by atoms with Gasteiger partial charge in [0.05, 0.1) is 0 Å². The summed E-state index contributed by atoms with van der Waals surface area (Å²) in [5.41, 5.74) is 1.24. The third-order valence-electron chi connectivity index (χ3n) is 2.21. The first-order valence-corrected chi connectivity index (χ1v) is 19.4. The Morgan fingerprint density at radius 3 is 2.77 bits per heavy atom. The first kappa shape index (κ1) is 10.1. The summed E-state index contributed by atoms with van der Waals surface area (Å²) in [7, 11) is 0. The summed E-state index contributed by atoms with van der Waals surface area (Å²) in [5.74, 6) is 0. The molecule has 2 atom stereocenters. The Hall–Kier alpha value is 0.555. The van der Waals surface area contributed by atoms with Gasteiger partial charge in [-0.25, -0.2) is 0 Å². The topological polar surface area (TPSA) is 18.5 Å². The zero-order chi connectivity index (χ0) is 9.10. The van der Waals surface area contributed by atoms with Crippen LogP contribution in [-0.2, 0) is 31.9 Å². The molecule has 0 aliphatic carbocycles. The fraction of sp³-hybridized carbons (Fsp3) is 0.333. The molecule has 0 radical (unpaired) electrons. The molecule has 1 saturated heterocycles. The van der Waals surface area contributed by atoms with Crippen LogP contribution in [0.15, 0.2) is 30.3 Å². The number of hydrogen-bond acceptors (Lipinski definition) is 2. The summed E-state index contributed by atoms with van der Waals surface area (Å²) >= 11 is 2.75. The Morgan fingerprint density at radius 1 is 1.31 bits per heavy atom. The molecule has 0 N–H and O–H groups in total. The molecule has 0 amide bonds. The summed E-state index contributed by atoms with van der Waals surface area (Å²) in [6.07, 6.45) is 0.183. The fourth-order valence-corrected chi connectivity index (χ4v) is 8.79. The average molecular weight is 430 g/mol. The second-order valence-electron chi connectivity index (χ2n) is 3.13. The molecule has 1 aliphatic rings. The molecule has 1 aromatic carbocycles. The maximum absolute atomic E-state index is 5.27. The molecule has 0 saturated carbocycles. The maximum atomic E-state index is 5.27. The van der Waals surface area contributed by atoms with Crippen LogP contribution in [0.4, 0.5) is 0 Å². The monoisotopic (exact) mass is 430 g/mol. The molecule has 13 heavy (non-hydrogen) atoms. The van der Waals surface area contributed by atoms with Crippen molar-refractivity contribution < 1.29 is 31.9 Å². The van der Waals surface area contributed by atoms with E-state index >= 15 is 0 Å². The van der Waals surface area contributed by atoms with Gasteiger partial charge in [0, 0.05) is 0 Å². The molecule has 66 valence electrons. The molecule has 1 aromatic rings. The SMILES string of the molecule is [Br][Hg][C@@H]1COO[C@H]1c1ccccc1. The van der Waals surface area contributed by atoms with Crippen LogP contribution in [0.25, 0.3) is 0 Å². The van der Waals surface area contributed by atoms with Crippen molar-refractivity contribution >= 4 is 11.9 Å². The number of benzene rings is 1. The zero-order valence-electron chi connectivity index (χ0n) is 7.15. The van der Waals surface area contributed by atoms with Crippen LogP contribution in [-0.4, -0.2) is 6.61 Å². The van der Waals surface area contributed by atoms with Gasteiger partial charge in [-0.3, -0.25) is 0 Å². The van der Waals surface area contributed by atoms with Crippen LogP contribution in [0.3, 0.4) is 0 Å². The van der Waals surface area contributed by atoms with E-state index in [0.717, 1.165) is 6.61 Å². The van der Waals surface area contributed by atoms with Crippen molar-refractivity contribution in [3.8, 4) is 0 Å². The number of hydrogen-bond donors (Lipinski definition) is 0. The van der Waals surface area contributed by atoms with Crippen molar-refractivity contribution in [3.63, 3.8) is 0 Å². The Morgan fingerprint density at radius 2 is 2.08 bits per heavy atom. The standard InChI is InChI=1S/C9H9O2.BrH.Hg/c1-2-4-8(5-3-1)9-6-7-10-11-9;;/h1-6,9H,7H2;1H;/q;;+1/p-1/t9-;;/m1../s1. The zero-order valence-corrected chi connectivity index (χ0v) is 14.2. The quantitative estimate of drug-likeness (QED) is 0.532. The Bertz CT molecular complexity index is 268. The molecule has 4 heteroatoms. The number of rotatable bonds is 2. The summed E-state index contributed by atoms with van der Waals surface area (Å²) in [6, 6.07) is 10.3. The van der Waals surface area contributed by atoms with Crippen LogP contribution >= 0.6 is 11.9 Å². The molecular formula is C9H9BrHgO2. The van der Waals surface area contributed by atoms with Crippen molar-refractivity contribution in [2.75, 3.05) is 6.61 Å². The number of halogens is 1. The van der Waals surface area contributed by atoms with Gasteiger partial charge in [-0.1, -0.05) is 0 Å². The molecule has 1 aliphatic heterocycles. The molecule has 1 heterocycles. The molecule has 2 rings (SSSR count). The molecule has 0 aromatic heterocycles. The van der Waals surface area contributed by atoms with Crippen LogP contribution < -0.4 is 0 Å². The van der Waals surface area contributed by atoms with Crippen LogP contribution in [0.5, 0.6) is 0 Å². The summed E-state index contributed by atoms with van der Waals surface area (Å²) in [4.78, 5) is 10.3. The molecule has 2 nitrogen and oxygen atoms in total. The van der Waals surface area contributed by atoms with Crippen molar-refractivity contribution in [2.24, 2.45) is 0 Å². The van der Waals surface area contributed by atoms with Crippen molar-refractivity contribution in [2.45, 2.75) is 9.53 Å². The summed E-state index contributed by atoms with van der Waals surface area (Å²) in [6.45, 7) is 0.770. The fourth-order valence-electron chi connectivity index (χ4n) is 1.46. The van der Waals surface area contributed by atoms with Gasteiger partial charge in [0.15, 0.2) is 0 Å². The predicted molar refractivity (Wildman–Crippen MR) is 48.9 cm³/mol. The first-order chi connectivity index (χ1) is 6.42. The van der Waals surface area contributed by atoms with Gasteiger partial charge >= 0.3 is 95.9 Å². The molecule has 1 fully saturated rings. The van der Waals surface area contributed by atoms with E-state index in [2.05, 4.69) is 24.0 Å². The minimum absolute atomic E-state index is 0.183. The van der Waals surface area contributed by atoms with Gasteiger partial charge in [-0.05, 0) is 0 Å². The summed E-state index contributed by atoms with van der Waals surface area (Å²) in [5, 5.41) is 0. The van der Waals surface area contributed by atoms with E-state index in [9.17, 15) is 0 Å². The normalized spacial score (nSPS) is 27.2. The third kappa shape index (κ3) is 2.32. The van der Waals surface area contributed by atoms with E-state index in [0.29, 0.717) is 3.43 Å². The minimum atomic E-state index is -0.927. The Labute approximate surface area is 95.2 Å². The van der Waals surface area contributed by atoms with Gasteiger partial charge in [-0.2, -0.15) is 0 Å². The van der Waals surface area contributed by atoms with Crippen molar-refractivity contribution in [1.82, 2.24) is 0 Å². The second-order valence-corrected chi connectivity index (χ2v) is 14.1. The van der Waals surface area contributed by atoms with Crippen molar-refractivity contribution in [3.05, 3.63) is 35.9 Å². The Balaban J connectivity index is 2.16. The van der Waals surface area contributed by atoms with Crippen molar-refractivity contribution in [1.29, 1.82) is 0 Å². The molecule has 0 unspecified atom stereocenters. The second kappa shape index (κ2) is 4.87. The average Bonchev–Trinajstić information content (AvgIpc) is 2.67. The molecular weight excluding hydrogens is 421 g/mol. The first-order valence-electron chi connectivity index (χ1n) is 4.31. The van der Waals surface area contributed by atoms with Gasteiger partial charge in [0.2, 0.25) is 0 Å². The third-order valence-corrected chi connectivity index (χ3v) is 13.6. The Kier molecular flexibility index (Phi) is 3.78. The van der Waals surface area contributed by atoms with E-state index in [1.54, 1.807) is 0 Å². The van der Waals surface area contributed by atoms with Gasteiger partial charge in [0.25, 0.3) is 0 Å². The molecule has 0 spiro atoms. The van der Waals surface area contributed by atoms with Gasteiger partial charge in [-0.15, -0.1) is 0 Å². The van der Waals surface area contributed by atoms with E-state index in [4.69, 9.17) is 9.78 Å². The van der Waals surface area contributed by atoms with Gasteiger partial charge in [0.1, 0.15) is 0 Å². The van der Waals surface area contributed by atoms with Gasteiger partial charge < -0.3 is 0 Å². The van der Waals surface area contributed by atoms with E-state index in [1.165, 1.54) is 5.56 Å². The predicted octanol–water partition coefficient (Wildman–Crippen LogP) is 2.87. The van der Waals surface area contributed by atoms with Crippen LogP contribution in [0.1, 0.15) is 11.7 Å².